The number of halogens is 1. The third kappa shape index (κ3) is 7.74. The summed E-state index contributed by atoms with van der Waals surface area (Å²) >= 11 is 0. The zero-order valence-electron chi connectivity index (χ0n) is 16.4. The summed E-state index contributed by atoms with van der Waals surface area (Å²) in [6.07, 6.45) is 3.76. The lowest BCUT2D eigenvalue weighted by molar-refractivity contribution is 0.507. The van der Waals surface area contributed by atoms with Crippen molar-refractivity contribution in [3.63, 3.8) is 0 Å². The summed E-state index contributed by atoms with van der Waals surface area (Å²) in [5, 5.41) is 6.76. The lowest BCUT2D eigenvalue weighted by Crippen LogP contribution is -2.43. The Labute approximate surface area is 179 Å². The molecule has 1 heterocycles. The van der Waals surface area contributed by atoms with E-state index in [-0.39, 0.29) is 35.0 Å². The number of aromatic nitrogens is 1. The first-order valence-corrected chi connectivity index (χ1v) is 9.18. The molecular formula is C21H31IN4O. The van der Waals surface area contributed by atoms with E-state index in [1.807, 2.05) is 18.3 Å². The van der Waals surface area contributed by atoms with Gasteiger partial charge in [-0.25, -0.2) is 0 Å². The Kier molecular flexibility index (Phi) is 10.1. The minimum Gasteiger partial charge on any atom is -0.356 e. The van der Waals surface area contributed by atoms with Gasteiger partial charge in [-0.05, 0) is 24.5 Å². The van der Waals surface area contributed by atoms with E-state index >= 15 is 0 Å². The molecule has 0 spiro atoms. The zero-order valence-corrected chi connectivity index (χ0v) is 18.8. The van der Waals surface area contributed by atoms with Crippen LogP contribution in [0.2, 0.25) is 0 Å². The van der Waals surface area contributed by atoms with Gasteiger partial charge in [-0.1, -0.05) is 50.2 Å². The average Bonchev–Trinajstić information content (AvgIpc) is 2.66. The van der Waals surface area contributed by atoms with E-state index in [0.717, 1.165) is 38.4 Å². The van der Waals surface area contributed by atoms with Crippen molar-refractivity contribution >= 4 is 29.9 Å². The smallest absolute Gasteiger partial charge is 0.250 e. The van der Waals surface area contributed by atoms with Crippen molar-refractivity contribution < 1.29 is 0 Å². The second kappa shape index (κ2) is 11.8. The topological polar surface area (TPSA) is 58.4 Å². The maximum Gasteiger partial charge on any atom is 0.250 e. The van der Waals surface area contributed by atoms with E-state index in [1.54, 1.807) is 23.7 Å². The SMILES string of the molecule is CN=C(NCCCCn1ccccc1=O)NCC(C)(C)c1ccccc1.I. The molecule has 0 radical (unpaired) electrons. The molecule has 5 nitrogen and oxygen atoms in total. The van der Waals surface area contributed by atoms with Crippen molar-refractivity contribution in [1.82, 2.24) is 15.2 Å². The van der Waals surface area contributed by atoms with Crippen molar-refractivity contribution in [1.29, 1.82) is 0 Å². The molecule has 0 saturated heterocycles. The van der Waals surface area contributed by atoms with E-state index in [1.165, 1.54) is 5.56 Å². The molecule has 0 unspecified atom stereocenters. The minimum absolute atomic E-state index is 0. The van der Waals surface area contributed by atoms with Crippen LogP contribution in [-0.4, -0.2) is 30.7 Å². The van der Waals surface area contributed by atoms with Crippen LogP contribution in [0.15, 0.2) is 64.5 Å². The number of aliphatic imine (C=N–C) groups is 1. The van der Waals surface area contributed by atoms with Crippen LogP contribution in [0.5, 0.6) is 0 Å². The Hall–Kier alpha value is -1.83. The van der Waals surface area contributed by atoms with Gasteiger partial charge in [0.15, 0.2) is 5.96 Å². The molecule has 1 aromatic carbocycles. The van der Waals surface area contributed by atoms with Gasteiger partial charge in [-0.2, -0.15) is 0 Å². The van der Waals surface area contributed by atoms with Crippen molar-refractivity contribution in [2.45, 2.75) is 38.6 Å². The van der Waals surface area contributed by atoms with Crippen LogP contribution in [0.25, 0.3) is 0 Å². The zero-order chi connectivity index (χ0) is 18.8. The first-order valence-electron chi connectivity index (χ1n) is 9.18. The summed E-state index contributed by atoms with van der Waals surface area (Å²) in [5.74, 6) is 0.811. The molecule has 1 aromatic heterocycles. The number of benzene rings is 1. The molecule has 0 fully saturated rings. The number of hydrogen-bond donors (Lipinski definition) is 2. The third-order valence-electron chi connectivity index (χ3n) is 4.49. The average molecular weight is 482 g/mol. The fourth-order valence-corrected chi connectivity index (χ4v) is 2.78. The predicted molar refractivity (Wildman–Crippen MR) is 124 cm³/mol. The Bertz CT molecular complexity index is 756. The monoisotopic (exact) mass is 482 g/mol. The summed E-state index contributed by atoms with van der Waals surface area (Å²) in [6, 6.07) is 15.7. The third-order valence-corrected chi connectivity index (χ3v) is 4.49. The summed E-state index contributed by atoms with van der Waals surface area (Å²) in [6.45, 7) is 6.82. The Morgan fingerprint density at radius 3 is 2.41 bits per heavy atom. The summed E-state index contributed by atoms with van der Waals surface area (Å²) in [4.78, 5) is 15.9. The number of pyridine rings is 1. The van der Waals surface area contributed by atoms with Crippen LogP contribution >= 0.6 is 24.0 Å². The predicted octanol–water partition coefficient (Wildman–Crippen LogP) is 3.39. The van der Waals surface area contributed by atoms with E-state index in [9.17, 15) is 4.79 Å². The fraction of sp³-hybridized carbons (Fsp3) is 0.429. The van der Waals surface area contributed by atoms with Crippen LogP contribution in [-0.2, 0) is 12.0 Å². The number of nitrogens with zero attached hydrogens (tertiary/aromatic N) is 2. The summed E-state index contributed by atoms with van der Waals surface area (Å²) in [5.41, 5.74) is 1.38. The highest BCUT2D eigenvalue weighted by Gasteiger charge is 2.20. The van der Waals surface area contributed by atoms with E-state index in [2.05, 4.69) is 53.7 Å². The largest absolute Gasteiger partial charge is 0.356 e. The number of aryl methyl sites for hydroxylation is 1. The highest BCUT2D eigenvalue weighted by Crippen LogP contribution is 2.21. The maximum atomic E-state index is 11.7. The first-order chi connectivity index (χ1) is 12.5. The second-order valence-electron chi connectivity index (χ2n) is 7.04. The van der Waals surface area contributed by atoms with Crippen molar-refractivity contribution in [2.24, 2.45) is 4.99 Å². The van der Waals surface area contributed by atoms with Crippen molar-refractivity contribution in [3.8, 4) is 0 Å². The molecule has 27 heavy (non-hydrogen) atoms. The number of guanidine groups is 1. The van der Waals surface area contributed by atoms with Crippen LogP contribution in [0.4, 0.5) is 0 Å². The molecule has 0 bridgehead atoms. The summed E-state index contributed by atoms with van der Waals surface area (Å²) < 4.78 is 1.75. The van der Waals surface area contributed by atoms with Gasteiger partial charge >= 0.3 is 0 Å². The quantitative estimate of drug-likeness (QED) is 0.263. The van der Waals surface area contributed by atoms with Crippen molar-refractivity contribution in [3.05, 3.63) is 70.6 Å². The first kappa shape index (κ1) is 23.2. The molecule has 2 N–H and O–H groups in total. The summed E-state index contributed by atoms with van der Waals surface area (Å²) in [7, 11) is 1.79. The van der Waals surface area contributed by atoms with Gasteiger partial charge in [0.2, 0.25) is 5.56 Å². The molecule has 0 aliphatic heterocycles. The van der Waals surface area contributed by atoms with Gasteiger partial charge in [0.1, 0.15) is 0 Å². The van der Waals surface area contributed by atoms with Crippen LogP contribution in [0, 0.1) is 0 Å². The molecule has 0 aliphatic rings. The van der Waals surface area contributed by atoms with Gasteiger partial charge in [0.05, 0.1) is 0 Å². The molecule has 0 atom stereocenters. The van der Waals surface area contributed by atoms with Crippen molar-refractivity contribution in [2.75, 3.05) is 20.1 Å². The maximum absolute atomic E-state index is 11.7. The molecule has 2 rings (SSSR count). The van der Waals surface area contributed by atoms with E-state index in [4.69, 9.17) is 0 Å². The van der Waals surface area contributed by atoms with Gasteiger partial charge < -0.3 is 15.2 Å². The van der Waals surface area contributed by atoms with Crippen LogP contribution in [0.3, 0.4) is 0 Å². The second-order valence-corrected chi connectivity index (χ2v) is 7.04. The number of rotatable bonds is 8. The molecule has 2 aromatic rings. The Morgan fingerprint density at radius 2 is 1.74 bits per heavy atom. The van der Waals surface area contributed by atoms with Gasteiger partial charge in [0, 0.05) is 44.4 Å². The van der Waals surface area contributed by atoms with Gasteiger partial charge in [-0.3, -0.25) is 9.79 Å². The van der Waals surface area contributed by atoms with Crippen LogP contribution in [0.1, 0.15) is 32.3 Å². The Balaban J connectivity index is 0.00000364. The highest BCUT2D eigenvalue weighted by atomic mass is 127. The standard InChI is InChI=1S/C21H30N4O.HI/c1-21(2,18-11-5-4-6-12-18)17-24-20(22-3)23-14-8-10-16-25-15-9-7-13-19(25)26;/h4-7,9,11-13,15H,8,10,14,16-17H2,1-3H3,(H2,22,23,24);1H. The lowest BCUT2D eigenvalue weighted by Gasteiger charge is -2.26. The lowest BCUT2D eigenvalue weighted by atomic mass is 9.85. The molecule has 0 aliphatic carbocycles. The van der Waals surface area contributed by atoms with Gasteiger partial charge in [-0.15, -0.1) is 24.0 Å². The fourth-order valence-electron chi connectivity index (χ4n) is 2.78. The molecule has 148 valence electrons. The number of hydrogen-bond acceptors (Lipinski definition) is 2. The highest BCUT2D eigenvalue weighted by molar-refractivity contribution is 14.0. The molecular weight excluding hydrogens is 451 g/mol. The normalized spacial score (nSPS) is 11.6. The number of unbranched alkanes of at least 4 members (excludes halogenated alkanes) is 1. The van der Waals surface area contributed by atoms with E-state index < -0.39 is 0 Å². The Morgan fingerprint density at radius 1 is 1.04 bits per heavy atom. The van der Waals surface area contributed by atoms with Gasteiger partial charge in [0.25, 0.3) is 0 Å². The minimum atomic E-state index is 0. The molecule has 0 saturated carbocycles. The van der Waals surface area contributed by atoms with Crippen LogP contribution < -0.4 is 16.2 Å². The molecule has 6 heteroatoms. The number of nitrogens with one attached hydrogen (secondary N) is 2. The molecule has 0 amide bonds. The van der Waals surface area contributed by atoms with E-state index in [0.29, 0.717) is 0 Å².